The van der Waals surface area contributed by atoms with E-state index in [0.29, 0.717) is 17.9 Å². The average molecular weight is 434 g/mol. The zero-order chi connectivity index (χ0) is 22.3. The van der Waals surface area contributed by atoms with Gasteiger partial charge in [-0.1, -0.05) is 19.4 Å². The van der Waals surface area contributed by atoms with Crippen LogP contribution in [0.2, 0.25) is 0 Å². The van der Waals surface area contributed by atoms with Gasteiger partial charge in [-0.25, -0.2) is 0 Å². The maximum atomic E-state index is 13.9. The Kier molecular flexibility index (Phi) is 5.33. The molecule has 0 aliphatic carbocycles. The lowest BCUT2D eigenvalue weighted by Gasteiger charge is -2.17. The Morgan fingerprint density at radius 3 is 2.52 bits per heavy atom. The normalized spacial score (nSPS) is 13.3. The van der Waals surface area contributed by atoms with E-state index in [2.05, 4.69) is 0 Å². The molecule has 0 N–H and O–H groups in total. The standard InChI is InChI=1S/C23H21F3O5/c1-4-5-13-8-15-18(10-17(13)30-12(2)3)31-22(23(24,25)26)20(21(15)27)14-6-7-16-19(9-14)29-11-28-16/h6-10,12H,4-5,11H2,1-3H3. The molecule has 0 radical (unpaired) electrons. The minimum absolute atomic E-state index is 0.0315. The van der Waals surface area contributed by atoms with Crippen LogP contribution in [0.15, 0.2) is 39.5 Å². The third-order valence-corrected chi connectivity index (χ3v) is 4.87. The second-order valence-corrected chi connectivity index (χ2v) is 7.57. The van der Waals surface area contributed by atoms with Gasteiger partial charge in [0.25, 0.3) is 0 Å². The Morgan fingerprint density at radius 2 is 1.84 bits per heavy atom. The van der Waals surface area contributed by atoms with Gasteiger partial charge in [-0.2, -0.15) is 13.2 Å². The van der Waals surface area contributed by atoms with Crippen molar-refractivity contribution < 1.29 is 31.8 Å². The van der Waals surface area contributed by atoms with Gasteiger partial charge >= 0.3 is 6.18 Å². The van der Waals surface area contributed by atoms with E-state index >= 15 is 0 Å². The van der Waals surface area contributed by atoms with Crippen LogP contribution in [0, 0.1) is 0 Å². The van der Waals surface area contributed by atoms with Crippen molar-refractivity contribution >= 4 is 11.0 Å². The van der Waals surface area contributed by atoms with Crippen molar-refractivity contribution in [1.82, 2.24) is 0 Å². The number of alkyl halides is 3. The number of hydrogen-bond donors (Lipinski definition) is 0. The van der Waals surface area contributed by atoms with Crippen molar-refractivity contribution in [3.05, 3.63) is 51.9 Å². The Balaban J connectivity index is 2.01. The number of aryl methyl sites for hydroxylation is 1. The predicted molar refractivity (Wildman–Crippen MR) is 109 cm³/mol. The van der Waals surface area contributed by atoms with Gasteiger partial charge in [0.2, 0.25) is 18.0 Å². The van der Waals surface area contributed by atoms with Gasteiger partial charge in [-0.15, -0.1) is 0 Å². The highest BCUT2D eigenvalue weighted by atomic mass is 19.4. The second-order valence-electron chi connectivity index (χ2n) is 7.57. The Labute approximate surface area is 176 Å². The highest BCUT2D eigenvalue weighted by molar-refractivity contribution is 5.85. The third-order valence-electron chi connectivity index (χ3n) is 4.87. The van der Waals surface area contributed by atoms with Gasteiger partial charge in [0.15, 0.2) is 11.5 Å². The maximum absolute atomic E-state index is 13.9. The van der Waals surface area contributed by atoms with E-state index in [1.54, 1.807) is 6.07 Å². The van der Waals surface area contributed by atoms with Crippen LogP contribution in [0.1, 0.15) is 38.5 Å². The van der Waals surface area contributed by atoms with Crippen molar-refractivity contribution in [2.45, 2.75) is 45.9 Å². The van der Waals surface area contributed by atoms with Crippen LogP contribution in [0.3, 0.4) is 0 Å². The molecule has 0 amide bonds. The fourth-order valence-corrected chi connectivity index (χ4v) is 3.61. The smallest absolute Gasteiger partial charge is 0.450 e. The van der Waals surface area contributed by atoms with Crippen LogP contribution >= 0.6 is 0 Å². The molecule has 1 aliphatic heterocycles. The lowest BCUT2D eigenvalue weighted by atomic mass is 9.99. The summed E-state index contributed by atoms with van der Waals surface area (Å²) in [5, 5.41) is 0.0697. The molecular formula is C23H21F3O5. The predicted octanol–water partition coefficient (Wildman–Crippen LogP) is 5.95. The highest BCUT2D eigenvalue weighted by Gasteiger charge is 2.40. The summed E-state index contributed by atoms with van der Waals surface area (Å²) in [6.07, 6.45) is -3.67. The molecule has 164 valence electrons. The van der Waals surface area contributed by atoms with Gasteiger partial charge in [0.1, 0.15) is 11.3 Å². The van der Waals surface area contributed by atoms with E-state index < -0.39 is 22.9 Å². The number of fused-ring (bicyclic) bond motifs is 2. The van der Waals surface area contributed by atoms with E-state index in [0.717, 1.165) is 12.0 Å². The van der Waals surface area contributed by atoms with Gasteiger partial charge in [0, 0.05) is 6.07 Å². The first kappa shape index (κ1) is 21.1. The van der Waals surface area contributed by atoms with E-state index in [1.807, 2.05) is 20.8 Å². The molecule has 0 atom stereocenters. The monoisotopic (exact) mass is 434 g/mol. The van der Waals surface area contributed by atoms with E-state index in [4.69, 9.17) is 18.6 Å². The SMILES string of the molecule is CCCc1cc2c(=O)c(-c3ccc4c(c3)OCO4)c(C(F)(F)F)oc2cc1OC(C)C. The van der Waals surface area contributed by atoms with Crippen LogP contribution < -0.4 is 19.6 Å². The van der Waals surface area contributed by atoms with Crippen molar-refractivity contribution in [2.24, 2.45) is 0 Å². The summed E-state index contributed by atoms with van der Waals surface area (Å²) in [4.78, 5) is 13.3. The lowest BCUT2D eigenvalue weighted by molar-refractivity contribution is -0.152. The number of benzene rings is 2. The molecule has 4 rings (SSSR count). The first-order chi connectivity index (χ1) is 14.7. The summed E-state index contributed by atoms with van der Waals surface area (Å²) in [5.74, 6) is -0.264. The van der Waals surface area contributed by atoms with E-state index in [9.17, 15) is 18.0 Å². The van der Waals surface area contributed by atoms with Gasteiger partial charge < -0.3 is 18.6 Å². The van der Waals surface area contributed by atoms with Crippen LogP contribution in [0.5, 0.6) is 17.2 Å². The molecule has 31 heavy (non-hydrogen) atoms. The Bertz CT molecular complexity index is 1190. The average Bonchev–Trinajstić information content (AvgIpc) is 3.15. The molecule has 0 saturated heterocycles. The van der Waals surface area contributed by atoms with Crippen molar-refractivity contribution in [3.8, 4) is 28.4 Å². The van der Waals surface area contributed by atoms with Crippen LogP contribution in [-0.4, -0.2) is 12.9 Å². The molecule has 2 aromatic carbocycles. The lowest BCUT2D eigenvalue weighted by Crippen LogP contribution is -2.16. The Morgan fingerprint density at radius 1 is 1.10 bits per heavy atom. The number of ether oxygens (including phenoxy) is 3. The van der Waals surface area contributed by atoms with Crippen molar-refractivity contribution in [1.29, 1.82) is 0 Å². The molecule has 0 unspecified atom stereocenters. The molecule has 0 fully saturated rings. The number of hydrogen-bond acceptors (Lipinski definition) is 5. The quantitative estimate of drug-likeness (QED) is 0.497. The van der Waals surface area contributed by atoms with Gasteiger partial charge in [-0.3, -0.25) is 4.79 Å². The molecule has 2 heterocycles. The first-order valence-corrected chi connectivity index (χ1v) is 9.96. The van der Waals surface area contributed by atoms with Crippen molar-refractivity contribution in [3.63, 3.8) is 0 Å². The van der Waals surface area contributed by atoms with Crippen LogP contribution in [-0.2, 0) is 12.6 Å². The summed E-state index contributed by atoms with van der Waals surface area (Å²) in [5.41, 5.74) is -0.698. The molecule has 0 saturated carbocycles. The summed E-state index contributed by atoms with van der Waals surface area (Å²) in [6.45, 7) is 5.58. The molecule has 1 aliphatic rings. The maximum Gasteiger partial charge on any atom is 0.450 e. The Hall–Kier alpha value is -3.16. The molecule has 1 aromatic heterocycles. The largest absolute Gasteiger partial charge is 0.491 e. The van der Waals surface area contributed by atoms with Crippen LogP contribution in [0.25, 0.3) is 22.1 Å². The number of halogens is 3. The molecule has 0 spiro atoms. The fraction of sp³-hybridized carbons (Fsp3) is 0.348. The minimum Gasteiger partial charge on any atom is -0.491 e. The second kappa shape index (κ2) is 7.83. The van der Waals surface area contributed by atoms with Gasteiger partial charge in [0.05, 0.1) is 17.1 Å². The zero-order valence-corrected chi connectivity index (χ0v) is 17.3. The summed E-state index contributed by atoms with van der Waals surface area (Å²) in [6, 6.07) is 7.17. The van der Waals surface area contributed by atoms with E-state index in [-0.39, 0.29) is 35.2 Å². The van der Waals surface area contributed by atoms with E-state index in [1.165, 1.54) is 24.3 Å². The number of rotatable bonds is 5. The summed E-state index contributed by atoms with van der Waals surface area (Å²) >= 11 is 0. The zero-order valence-electron chi connectivity index (χ0n) is 17.3. The summed E-state index contributed by atoms with van der Waals surface area (Å²) < 4.78 is 63.3. The minimum atomic E-state index is -4.87. The van der Waals surface area contributed by atoms with Crippen molar-refractivity contribution in [2.75, 3.05) is 6.79 Å². The topological polar surface area (TPSA) is 57.9 Å². The highest BCUT2D eigenvalue weighted by Crippen LogP contribution is 2.41. The first-order valence-electron chi connectivity index (χ1n) is 9.96. The molecule has 5 nitrogen and oxygen atoms in total. The molecule has 3 aromatic rings. The van der Waals surface area contributed by atoms with Crippen LogP contribution in [0.4, 0.5) is 13.2 Å². The molecular weight excluding hydrogens is 413 g/mol. The van der Waals surface area contributed by atoms with Gasteiger partial charge in [-0.05, 0) is 49.6 Å². The molecule has 0 bridgehead atoms. The summed E-state index contributed by atoms with van der Waals surface area (Å²) in [7, 11) is 0. The molecule has 8 heteroatoms. The fourth-order valence-electron chi connectivity index (χ4n) is 3.61. The third kappa shape index (κ3) is 3.94.